The fourth-order valence-electron chi connectivity index (χ4n) is 2.82. The molecule has 0 aliphatic carbocycles. The topological polar surface area (TPSA) is 76.7 Å². The van der Waals surface area contributed by atoms with E-state index in [-0.39, 0.29) is 16.8 Å². The summed E-state index contributed by atoms with van der Waals surface area (Å²) < 4.78 is 10.7. The molecule has 0 saturated carbocycles. The normalized spacial score (nSPS) is 13.5. The summed E-state index contributed by atoms with van der Waals surface area (Å²) in [4.78, 5) is 25.5. The number of thioether (sulfide) groups is 1. The van der Waals surface area contributed by atoms with Crippen molar-refractivity contribution in [2.75, 3.05) is 24.8 Å². The predicted molar refractivity (Wildman–Crippen MR) is 115 cm³/mol. The van der Waals surface area contributed by atoms with Crippen molar-refractivity contribution in [1.82, 2.24) is 5.32 Å². The number of methoxy groups -OCH3 is 1. The molecule has 1 aliphatic heterocycles. The Bertz CT molecular complexity index is 961. The Morgan fingerprint density at radius 1 is 1.21 bits per heavy atom. The molecule has 0 saturated heterocycles. The lowest BCUT2D eigenvalue weighted by Crippen LogP contribution is -2.23. The van der Waals surface area contributed by atoms with Crippen LogP contribution in [-0.4, -0.2) is 31.3 Å². The molecule has 2 N–H and O–H groups in total. The standard InChI is InChI=1S/C21H21ClN2O4S/c1-13-19(29-10-9-28-13)21(26)24-15-7-8-16(17(22)11-15)20(25)23-12-14-5-3-4-6-18(14)27-2/h3-8,11H,9-10,12H2,1-2H3,(H,23,25)(H,24,26). The van der Waals surface area contributed by atoms with Crippen molar-refractivity contribution in [2.45, 2.75) is 13.5 Å². The van der Waals surface area contributed by atoms with E-state index < -0.39 is 0 Å². The van der Waals surface area contributed by atoms with Gasteiger partial charge in [0.25, 0.3) is 11.8 Å². The van der Waals surface area contributed by atoms with E-state index >= 15 is 0 Å². The number of allylic oxidation sites excluding steroid dienone is 1. The molecule has 0 bridgehead atoms. The summed E-state index contributed by atoms with van der Waals surface area (Å²) in [5.41, 5.74) is 1.69. The van der Waals surface area contributed by atoms with Crippen molar-refractivity contribution in [3.05, 3.63) is 69.3 Å². The summed E-state index contributed by atoms with van der Waals surface area (Å²) in [6.07, 6.45) is 0. The van der Waals surface area contributed by atoms with Gasteiger partial charge in [0.2, 0.25) is 0 Å². The molecule has 0 aromatic heterocycles. The van der Waals surface area contributed by atoms with Crippen LogP contribution < -0.4 is 15.4 Å². The second-order valence-electron chi connectivity index (χ2n) is 6.23. The molecule has 2 amide bonds. The molecule has 152 valence electrons. The zero-order chi connectivity index (χ0) is 20.8. The van der Waals surface area contributed by atoms with E-state index in [0.717, 1.165) is 11.3 Å². The Labute approximate surface area is 178 Å². The maximum atomic E-state index is 12.5. The van der Waals surface area contributed by atoms with Crippen molar-refractivity contribution in [3.63, 3.8) is 0 Å². The van der Waals surface area contributed by atoms with Crippen molar-refractivity contribution >= 4 is 40.9 Å². The van der Waals surface area contributed by atoms with Gasteiger partial charge < -0.3 is 20.1 Å². The summed E-state index contributed by atoms with van der Waals surface area (Å²) in [7, 11) is 1.58. The third kappa shape index (κ3) is 5.25. The number of nitrogens with one attached hydrogen (secondary N) is 2. The lowest BCUT2D eigenvalue weighted by Gasteiger charge is -2.18. The lowest BCUT2D eigenvalue weighted by molar-refractivity contribution is -0.112. The van der Waals surface area contributed by atoms with Crippen LogP contribution in [-0.2, 0) is 16.1 Å². The fraction of sp³-hybridized carbons (Fsp3) is 0.238. The first-order chi connectivity index (χ1) is 14.0. The molecule has 1 aliphatic rings. The maximum absolute atomic E-state index is 12.5. The van der Waals surface area contributed by atoms with Crippen LogP contribution in [0.5, 0.6) is 5.75 Å². The molecular formula is C21H21ClN2O4S. The lowest BCUT2D eigenvalue weighted by atomic mass is 10.1. The van der Waals surface area contributed by atoms with Gasteiger partial charge in [-0.05, 0) is 31.2 Å². The van der Waals surface area contributed by atoms with Gasteiger partial charge in [-0.3, -0.25) is 9.59 Å². The molecule has 2 aromatic rings. The highest BCUT2D eigenvalue weighted by atomic mass is 35.5. The molecule has 0 fully saturated rings. The first-order valence-corrected chi connectivity index (χ1v) is 10.3. The zero-order valence-electron chi connectivity index (χ0n) is 16.1. The van der Waals surface area contributed by atoms with E-state index in [1.807, 2.05) is 24.3 Å². The van der Waals surface area contributed by atoms with Crippen LogP contribution in [0.25, 0.3) is 0 Å². The van der Waals surface area contributed by atoms with Crippen molar-refractivity contribution in [2.24, 2.45) is 0 Å². The predicted octanol–water partition coefficient (Wildman–Crippen LogP) is 4.21. The summed E-state index contributed by atoms with van der Waals surface area (Å²) in [5.74, 6) is 1.47. The van der Waals surface area contributed by atoms with Crippen LogP contribution in [0.1, 0.15) is 22.8 Å². The summed E-state index contributed by atoms with van der Waals surface area (Å²) in [6, 6.07) is 12.2. The number of rotatable bonds is 6. The quantitative estimate of drug-likeness (QED) is 0.715. The van der Waals surface area contributed by atoms with Gasteiger partial charge in [0.05, 0.1) is 24.3 Å². The van der Waals surface area contributed by atoms with E-state index in [1.165, 1.54) is 11.8 Å². The Morgan fingerprint density at radius 2 is 2.00 bits per heavy atom. The highest BCUT2D eigenvalue weighted by Crippen LogP contribution is 2.28. The minimum absolute atomic E-state index is 0.249. The SMILES string of the molecule is COc1ccccc1CNC(=O)c1ccc(NC(=O)C2=C(C)OCCS2)cc1Cl. The number of carbonyl (C=O) groups is 2. The average molecular weight is 433 g/mol. The van der Waals surface area contributed by atoms with E-state index in [1.54, 1.807) is 32.2 Å². The highest BCUT2D eigenvalue weighted by Gasteiger charge is 2.19. The Morgan fingerprint density at radius 3 is 2.72 bits per heavy atom. The van der Waals surface area contributed by atoms with Crippen molar-refractivity contribution in [1.29, 1.82) is 0 Å². The molecule has 6 nitrogen and oxygen atoms in total. The van der Waals surface area contributed by atoms with Gasteiger partial charge in [-0.15, -0.1) is 11.8 Å². The second kappa shape index (κ2) is 9.71. The minimum atomic E-state index is -0.312. The smallest absolute Gasteiger partial charge is 0.265 e. The van der Waals surface area contributed by atoms with Gasteiger partial charge in [0.15, 0.2) is 0 Å². The molecule has 29 heavy (non-hydrogen) atoms. The monoisotopic (exact) mass is 432 g/mol. The minimum Gasteiger partial charge on any atom is -0.496 e. The Balaban J connectivity index is 1.66. The summed E-state index contributed by atoms with van der Waals surface area (Å²) in [5, 5.41) is 5.87. The fourth-order valence-corrected chi connectivity index (χ4v) is 3.90. The van der Waals surface area contributed by atoms with E-state index in [4.69, 9.17) is 21.1 Å². The molecule has 1 heterocycles. The first kappa shape index (κ1) is 21.1. The number of para-hydroxylation sites is 1. The number of carbonyl (C=O) groups excluding carboxylic acids is 2. The van der Waals surface area contributed by atoms with Crippen LogP contribution in [0.4, 0.5) is 5.69 Å². The van der Waals surface area contributed by atoms with Crippen LogP contribution >= 0.6 is 23.4 Å². The van der Waals surface area contributed by atoms with Crippen molar-refractivity contribution in [3.8, 4) is 5.75 Å². The van der Waals surface area contributed by atoms with E-state index in [0.29, 0.717) is 40.8 Å². The number of anilines is 1. The van der Waals surface area contributed by atoms with Gasteiger partial charge >= 0.3 is 0 Å². The number of hydrogen-bond acceptors (Lipinski definition) is 5. The van der Waals surface area contributed by atoms with Crippen molar-refractivity contribution < 1.29 is 19.1 Å². The van der Waals surface area contributed by atoms with Gasteiger partial charge in [-0.25, -0.2) is 0 Å². The average Bonchev–Trinajstić information content (AvgIpc) is 2.72. The molecule has 3 rings (SSSR count). The van der Waals surface area contributed by atoms with Crippen LogP contribution in [0.15, 0.2) is 53.1 Å². The third-order valence-electron chi connectivity index (χ3n) is 4.28. The number of benzene rings is 2. The number of amides is 2. The Hall–Kier alpha value is -2.64. The maximum Gasteiger partial charge on any atom is 0.265 e. The summed E-state index contributed by atoms with van der Waals surface area (Å²) >= 11 is 7.74. The van der Waals surface area contributed by atoms with Crippen LogP contribution in [0, 0.1) is 0 Å². The molecule has 0 atom stereocenters. The molecule has 0 radical (unpaired) electrons. The van der Waals surface area contributed by atoms with E-state index in [2.05, 4.69) is 10.6 Å². The highest BCUT2D eigenvalue weighted by molar-refractivity contribution is 8.04. The second-order valence-corrected chi connectivity index (χ2v) is 7.74. The molecule has 0 spiro atoms. The molecule has 8 heteroatoms. The molecule has 0 unspecified atom stereocenters. The number of halogens is 1. The van der Waals surface area contributed by atoms with E-state index in [9.17, 15) is 9.59 Å². The third-order valence-corrected chi connectivity index (χ3v) is 5.72. The molecular weight excluding hydrogens is 412 g/mol. The largest absolute Gasteiger partial charge is 0.496 e. The number of ether oxygens (including phenoxy) is 2. The Kier molecular flexibility index (Phi) is 7.06. The van der Waals surface area contributed by atoms with Gasteiger partial charge in [0, 0.05) is 23.5 Å². The number of hydrogen-bond donors (Lipinski definition) is 2. The summed E-state index contributed by atoms with van der Waals surface area (Å²) in [6.45, 7) is 2.67. The van der Waals surface area contributed by atoms with Crippen LogP contribution in [0.3, 0.4) is 0 Å². The van der Waals surface area contributed by atoms with Gasteiger partial charge in [-0.2, -0.15) is 0 Å². The zero-order valence-corrected chi connectivity index (χ0v) is 17.7. The first-order valence-electron chi connectivity index (χ1n) is 8.97. The van der Waals surface area contributed by atoms with Crippen LogP contribution in [0.2, 0.25) is 5.02 Å². The molecule has 2 aromatic carbocycles. The van der Waals surface area contributed by atoms with Gasteiger partial charge in [-0.1, -0.05) is 29.8 Å². The van der Waals surface area contributed by atoms with Gasteiger partial charge in [0.1, 0.15) is 16.4 Å².